The summed E-state index contributed by atoms with van der Waals surface area (Å²) in [7, 11) is 1.82. The zero-order valence-corrected chi connectivity index (χ0v) is 23.2. The Bertz CT molecular complexity index is 1450. The minimum absolute atomic E-state index is 0.141. The summed E-state index contributed by atoms with van der Waals surface area (Å²) in [4.78, 5) is 31.5. The Balaban J connectivity index is 1.55. The molecule has 1 aliphatic heterocycles. The van der Waals surface area contributed by atoms with Gasteiger partial charge in [-0.15, -0.1) is 0 Å². The lowest BCUT2D eigenvalue weighted by atomic mass is 9.95. The number of hydrogen-bond acceptors (Lipinski definition) is 7. The fraction of sp³-hybridized carbons (Fsp3) is 0.538. The maximum Gasteiger partial charge on any atom is 0.237 e. The van der Waals surface area contributed by atoms with E-state index in [9.17, 15) is 4.79 Å². The molecule has 5 rings (SSSR count). The average Bonchev–Trinajstić information content (AvgIpc) is 3.51. The second kappa shape index (κ2) is 8.85. The monoisotopic (exact) mass is 508 g/mol. The van der Waals surface area contributed by atoms with Crippen molar-refractivity contribution in [2.24, 2.45) is 0 Å². The van der Waals surface area contributed by atoms with Crippen molar-refractivity contribution in [1.82, 2.24) is 34.8 Å². The van der Waals surface area contributed by atoms with Gasteiger partial charge in [-0.25, -0.2) is 14.5 Å². The fourth-order valence-electron chi connectivity index (χ4n) is 5.44. The maximum absolute atomic E-state index is 12.7. The second-order valence-corrected chi connectivity index (χ2v) is 11.9. The van der Waals surface area contributed by atoms with Gasteiger partial charge in [0.15, 0.2) is 10.8 Å². The Kier molecular flexibility index (Phi) is 6.07. The number of rotatable bonds is 5. The molecule has 4 aromatic rings. The lowest BCUT2D eigenvalue weighted by molar-refractivity contribution is -0.136. The van der Waals surface area contributed by atoms with Crippen molar-refractivity contribution in [2.75, 3.05) is 31.6 Å². The summed E-state index contributed by atoms with van der Waals surface area (Å²) in [6, 6.07) is 0.177. The molecular weight excluding hydrogens is 472 g/mol. The topological polar surface area (TPSA) is 94.5 Å². The molecule has 2 N–H and O–H groups in total. The van der Waals surface area contributed by atoms with E-state index in [1.807, 2.05) is 16.5 Å². The number of hydrogen-bond donors (Lipinski definition) is 2. The number of fused-ring (bicyclic) bond motifs is 2. The van der Waals surface area contributed by atoms with Crippen LogP contribution in [-0.4, -0.2) is 73.6 Å². The number of anilines is 1. The quantitative estimate of drug-likeness (QED) is 0.421. The smallest absolute Gasteiger partial charge is 0.237 e. The van der Waals surface area contributed by atoms with E-state index in [0.717, 1.165) is 44.5 Å². The number of aryl methyl sites for hydroxylation is 1. The van der Waals surface area contributed by atoms with Crippen LogP contribution in [0.2, 0.25) is 0 Å². The van der Waals surface area contributed by atoms with E-state index in [2.05, 4.69) is 79.9 Å². The van der Waals surface area contributed by atoms with Gasteiger partial charge < -0.3 is 20.1 Å². The summed E-state index contributed by atoms with van der Waals surface area (Å²) in [5, 5.41) is 8.39. The van der Waals surface area contributed by atoms with Crippen LogP contribution in [0.4, 0.5) is 5.13 Å². The number of likely N-dealkylation sites (N-methyl/N-ethyl adjacent to an activating group) is 1. The number of nitrogens with one attached hydrogen (secondary N) is 2. The normalized spacial score (nSPS) is 18.2. The maximum atomic E-state index is 12.7. The van der Waals surface area contributed by atoms with Crippen molar-refractivity contribution in [3.63, 3.8) is 0 Å². The number of thiazole rings is 1. The number of pyridine rings is 1. The second-order valence-electron chi connectivity index (χ2n) is 10.9. The Labute approximate surface area is 215 Å². The van der Waals surface area contributed by atoms with Gasteiger partial charge in [0.2, 0.25) is 5.91 Å². The summed E-state index contributed by atoms with van der Waals surface area (Å²) in [6.07, 6.45) is 3.67. The molecule has 1 fully saturated rings. The number of H-pyrrole nitrogens is 1. The molecule has 0 unspecified atom stereocenters. The van der Waals surface area contributed by atoms with Gasteiger partial charge in [-0.3, -0.25) is 4.79 Å². The predicted molar refractivity (Wildman–Crippen MR) is 146 cm³/mol. The van der Waals surface area contributed by atoms with Crippen molar-refractivity contribution in [2.45, 2.75) is 66.0 Å². The Morgan fingerprint density at radius 1 is 1.31 bits per heavy atom. The molecule has 36 heavy (non-hydrogen) atoms. The van der Waals surface area contributed by atoms with Gasteiger partial charge in [0.05, 0.1) is 17.8 Å². The summed E-state index contributed by atoms with van der Waals surface area (Å²) in [6.45, 7) is 16.9. The highest BCUT2D eigenvalue weighted by molar-refractivity contribution is 7.21. The van der Waals surface area contributed by atoms with Gasteiger partial charge in [0.1, 0.15) is 16.7 Å². The summed E-state index contributed by atoms with van der Waals surface area (Å²) < 4.78 is 1.86. The van der Waals surface area contributed by atoms with Crippen LogP contribution in [0.25, 0.3) is 27.3 Å². The minimum Gasteiger partial charge on any atom is -0.344 e. The standard InChI is InChI=1S/C26H36N8OS/c1-14(2)20-21(18-11-34-23(28-13-29-34)17(5)16(18)4)30-24-22(20)31-25(36-24)32-12-26(6,7)33(10-15(32)3)19(35)9-27-8/h11,13-15,27,30H,9-10,12H2,1-8H3/t15-/m0/s1. The van der Waals surface area contributed by atoms with Crippen molar-refractivity contribution in [1.29, 1.82) is 0 Å². The number of amides is 1. The molecule has 1 amide bonds. The van der Waals surface area contributed by atoms with Crippen LogP contribution in [0.3, 0.4) is 0 Å². The third kappa shape index (κ3) is 3.87. The molecule has 1 saturated heterocycles. The molecule has 0 bridgehead atoms. The molecule has 0 saturated carbocycles. The van der Waals surface area contributed by atoms with Crippen LogP contribution >= 0.6 is 11.3 Å². The molecule has 5 heterocycles. The number of aromatic nitrogens is 5. The largest absolute Gasteiger partial charge is 0.344 e. The highest BCUT2D eigenvalue weighted by atomic mass is 32.1. The Morgan fingerprint density at radius 2 is 2.06 bits per heavy atom. The van der Waals surface area contributed by atoms with Crippen LogP contribution in [0.1, 0.15) is 57.2 Å². The van der Waals surface area contributed by atoms with Crippen LogP contribution in [0, 0.1) is 13.8 Å². The molecule has 192 valence electrons. The highest BCUT2D eigenvalue weighted by Gasteiger charge is 2.41. The molecule has 0 radical (unpaired) electrons. The highest BCUT2D eigenvalue weighted by Crippen LogP contribution is 2.42. The predicted octanol–water partition coefficient (Wildman–Crippen LogP) is 4.11. The van der Waals surface area contributed by atoms with Gasteiger partial charge >= 0.3 is 0 Å². The fourth-order valence-corrected chi connectivity index (χ4v) is 6.52. The van der Waals surface area contributed by atoms with Gasteiger partial charge in [0, 0.05) is 36.5 Å². The summed E-state index contributed by atoms with van der Waals surface area (Å²) in [5.74, 6) is 0.432. The number of piperazine rings is 1. The third-order valence-corrected chi connectivity index (χ3v) is 8.50. The van der Waals surface area contributed by atoms with Gasteiger partial charge in [-0.2, -0.15) is 5.10 Å². The molecule has 0 spiro atoms. The first kappa shape index (κ1) is 24.7. The Morgan fingerprint density at radius 3 is 2.75 bits per heavy atom. The molecule has 0 aromatic carbocycles. The first-order chi connectivity index (χ1) is 17.0. The van der Waals surface area contributed by atoms with E-state index in [-0.39, 0.29) is 17.5 Å². The zero-order valence-electron chi connectivity index (χ0n) is 22.4. The van der Waals surface area contributed by atoms with Crippen LogP contribution in [0.5, 0.6) is 0 Å². The molecule has 10 heteroatoms. The molecule has 1 atom stereocenters. The molecule has 1 aliphatic rings. The first-order valence-electron chi connectivity index (χ1n) is 12.6. The average molecular weight is 509 g/mol. The van der Waals surface area contributed by atoms with E-state index in [1.54, 1.807) is 17.7 Å². The van der Waals surface area contributed by atoms with E-state index < -0.39 is 0 Å². The van der Waals surface area contributed by atoms with E-state index in [1.165, 1.54) is 11.1 Å². The summed E-state index contributed by atoms with van der Waals surface area (Å²) >= 11 is 1.70. The van der Waals surface area contributed by atoms with Gasteiger partial charge in [-0.05, 0) is 58.7 Å². The summed E-state index contributed by atoms with van der Waals surface area (Å²) in [5.41, 5.74) is 7.44. The molecular formula is C26H36N8OS. The van der Waals surface area contributed by atoms with E-state index >= 15 is 0 Å². The van der Waals surface area contributed by atoms with Crippen molar-refractivity contribution >= 4 is 38.4 Å². The van der Waals surface area contributed by atoms with Gasteiger partial charge in [0.25, 0.3) is 0 Å². The van der Waals surface area contributed by atoms with Crippen LogP contribution in [-0.2, 0) is 4.79 Å². The van der Waals surface area contributed by atoms with Gasteiger partial charge in [-0.1, -0.05) is 25.2 Å². The lowest BCUT2D eigenvalue weighted by Crippen LogP contribution is -2.65. The minimum atomic E-state index is -0.284. The number of carbonyl (C=O) groups is 1. The van der Waals surface area contributed by atoms with Crippen molar-refractivity contribution < 1.29 is 4.79 Å². The number of aromatic amines is 1. The number of nitrogens with zero attached hydrogens (tertiary/aromatic N) is 6. The molecule has 0 aliphatic carbocycles. The number of carbonyl (C=O) groups excluding carboxylic acids is 1. The molecule has 9 nitrogen and oxygen atoms in total. The van der Waals surface area contributed by atoms with E-state index in [0.29, 0.717) is 19.0 Å². The SMILES string of the molecule is CNCC(=O)N1C[C@H](C)N(c2nc3c(C(C)C)c(-c4cn5ncnc5c(C)c4C)[nH]c3s2)CC1(C)C. The van der Waals surface area contributed by atoms with E-state index in [4.69, 9.17) is 4.98 Å². The Hall–Kier alpha value is -2.98. The first-order valence-corrected chi connectivity index (χ1v) is 13.4. The third-order valence-electron chi connectivity index (χ3n) is 7.49. The lowest BCUT2D eigenvalue weighted by Gasteiger charge is -2.50. The molecule has 4 aromatic heterocycles. The van der Waals surface area contributed by atoms with Crippen molar-refractivity contribution in [3.05, 3.63) is 29.2 Å². The zero-order chi connectivity index (χ0) is 25.9. The van der Waals surface area contributed by atoms with Crippen molar-refractivity contribution in [3.8, 4) is 11.3 Å². The van der Waals surface area contributed by atoms with Crippen LogP contribution in [0.15, 0.2) is 12.5 Å². The van der Waals surface area contributed by atoms with Crippen LogP contribution < -0.4 is 10.2 Å².